The number of hydrogen-bond acceptors (Lipinski definition) is 5. The van der Waals surface area contributed by atoms with Crippen LogP contribution < -0.4 is 14.8 Å². The van der Waals surface area contributed by atoms with Crippen molar-refractivity contribution in [3.63, 3.8) is 0 Å². The summed E-state index contributed by atoms with van der Waals surface area (Å²) in [4.78, 5) is 16.3. The molecule has 0 spiro atoms. The highest BCUT2D eigenvalue weighted by atomic mass is 16.5. The van der Waals surface area contributed by atoms with E-state index in [0.29, 0.717) is 22.9 Å². The summed E-state index contributed by atoms with van der Waals surface area (Å²) in [5.41, 5.74) is 0.705. The first-order valence-corrected chi connectivity index (χ1v) is 6.08. The predicted molar refractivity (Wildman–Crippen MR) is 76.5 cm³/mol. The van der Waals surface area contributed by atoms with Crippen molar-refractivity contribution >= 4 is 11.7 Å². The highest BCUT2D eigenvalue weighted by Crippen LogP contribution is 2.28. The molecule has 0 fully saturated rings. The van der Waals surface area contributed by atoms with Crippen molar-refractivity contribution in [2.75, 3.05) is 19.5 Å². The van der Waals surface area contributed by atoms with Crippen molar-refractivity contribution < 1.29 is 14.3 Å². The molecule has 0 radical (unpaired) electrons. The van der Waals surface area contributed by atoms with Gasteiger partial charge in [0.05, 0.1) is 19.8 Å². The molecule has 1 N–H and O–H groups in total. The Morgan fingerprint density at radius 1 is 1.19 bits per heavy atom. The molecular weight excluding hydrogens is 270 g/mol. The average molecular weight is 283 g/mol. The van der Waals surface area contributed by atoms with Crippen molar-refractivity contribution in [1.29, 1.82) is 5.26 Å². The molecule has 0 saturated carbocycles. The second kappa shape index (κ2) is 6.39. The van der Waals surface area contributed by atoms with Gasteiger partial charge in [-0.05, 0) is 24.3 Å². The number of ether oxygens (including phenoxy) is 2. The van der Waals surface area contributed by atoms with Crippen LogP contribution in [-0.2, 0) is 0 Å². The summed E-state index contributed by atoms with van der Waals surface area (Å²) < 4.78 is 10.4. The zero-order valence-electron chi connectivity index (χ0n) is 11.6. The lowest BCUT2D eigenvalue weighted by Gasteiger charge is -2.12. The van der Waals surface area contributed by atoms with E-state index in [2.05, 4.69) is 10.3 Å². The monoisotopic (exact) mass is 283 g/mol. The van der Waals surface area contributed by atoms with E-state index in [4.69, 9.17) is 14.7 Å². The van der Waals surface area contributed by atoms with Crippen molar-refractivity contribution in [2.24, 2.45) is 0 Å². The lowest BCUT2D eigenvalue weighted by Crippen LogP contribution is -2.15. The van der Waals surface area contributed by atoms with Crippen LogP contribution in [0.4, 0.5) is 5.82 Å². The molecule has 2 rings (SSSR count). The summed E-state index contributed by atoms with van der Waals surface area (Å²) in [6, 6.07) is 10.2. The number of anilines is 1. The Balaban J connectivity index is 2.29. The molecule has 0 saturated heterocycles. The molecule has 6 heteroatoms. The van der Waals surface area contributed by atoms with Crippen LogP contribution in [0.5, 0.6) is 11.5 Å². The minimum Gasteiger partial charge on any atom is -0.496 e. The number of hydrogen-bond donors (Lipinski definition) is 1. The maximum Gasteiger partial charge on any atom is 0.264 e. The number of amides is 1. The first-order chi connectivity index (χ1) is 10.2. The van der Waals surface area contributed by atoms with Crippen molar-refractivity contribution in [3.05, 3.63) is 47.7 Å². The van der Waals surface area contributed by atoms with Gasteiger partial charge in [-0.15, -0.1) is 0 Å². The zero-order chi connectivity index (χ0) is 15.2. The first kappa shape index (κ1) is 14.3. The number of nitriles is 1. The lowest BCUT2D eigenvalue weighted by atomic mass is 10.1. The fourth-order valence-electron chi connectivity index (χ4n) is 1.79. The molecule has 0 bridgehead atoms. The summed E-state index contributed by atoms with van der Waals surface area (Å²) in [6.45, 7) is 0. The van der Waals surface area contributed by atoms with Crippen LogP contribution in [-0.4, -0.2) is 25.1 Å². The largest absolute Gasteiger partial charge is 0.496 e. The van der Waals surface area contributed by atoms with E-state index in [1.165, 1.54) is 20.4 Å². The highest BCUT2D eigenvalue weighted by molar-refractivity contribution is 6.07. The summed E-state index contributed by atoms with van der Waals surface area (Å²) in [5, 5.41) is 11.4. The lowest BCUT2D eigenvalue weighted by molar-refractivity contribution is 0.102. The van der Waals surface area contributed by atoms with Gasteiger partial charge in [0.15, 0.2) is 0 Å². The van der Waals surface area contributed by atoms with Gasteiger partial charge in [0, 0.05) is 6.20 Å². The van der Waals surface area contributed by atoms with E-state index in [9.17, 15) is 4.79 Å². The molecule has 0 aliphatic heterocycles. The molecule has 1 aromatic heterocycles. The minimum atomic E-state index is -0.401. The Bertz CT molecular complexity index is 668. The molecule has 2 aromatic rings. The van der Waals surface area contributed by atoms with E-state index >= 15 is 0 Å². The van der Waals surface area contributed by atoms with Crippen LogP contribution >= 0.6 is 0 Å². The maximum atomic E-state index is 12.4. The fraction of sp³-hybridized carbons (Fsp3) is 0.133. The van der Waals surface area contributed by atoms with Crippen LogP contribution in [0.15, 0.2) is 36.5 Å². The summed E-state index contributed by atoms with van der Waals surface area (Å²) in [6.07, 6.45) is 1.38. The quantitative estimate of drug-likeness (QED) is 0.930. The second-order valence-electron chi connectivity index (χ2n) is 4.04. The number of pyridine rings is 1. The zero-order valence-corrected chi connectivity index (χ0v) is 11.6. The van der Waals surface area contributed by atoms with E-state index in [1.54, 1.807) is 30.3 Å². The number of carbonyl (C=O) groups is 1. The Labute approximate surface area is 121 Å². The third-order valence-corrected chi connectivity index (χ3v) is 2.79. The van der Waals surface area contributed by atoms with Crippen LogP contribution in [0.25, 0.3) is 0 Å². The SMILES string of the molecule is COc1cccc(OC)c1C(=O)Nc1ccc(C#N)cn1. The number of benzene rings is 1. The van der Waals surface area contributed by atoms with Crippen LogP contribution in [0.2, 0.25) is 0 Å². The molecule has 21 heavy (non-hydrogen) atoms. The van der Waals surface area contributed by atoms with E-state index in [1.807, 2.05) is 6.07 Å². The topological polar surface area (TPSA) is 84.2 Å². The second-order valence-corrected chi connectivity index (χ2v) is 4.04. The molecule has 1 amide bonds. The standard InChI is InChI=1S/C15H13N3O3/c1-20-11-4-3-5-12(21-2)14(11)15(19)18-13-7-6-10(8-16)9-17-13/h3-7,9H,1-2H3,(H,17,18,19). The number of nitrogens with one attached hydrogen (secondary N) is 1. The molecule has 6 nitrogen and oxygen atoms in total. The van der Waals surface area contributed by atoms with Crippen LogP contribution in [0, 0.1) is 11.3 Å². The molecule has 0 atom stereocenters. The Hall–Kier alpha value is -3.07. The molecule has 1 heterocycles. The van der Waals surface area contributed by atoms with Crippen molar-refractivity contribution in [2.45, 2.75) is 0 Å². The Morgan fingerprint density at radius 2 is 1.86 bits per heavy atom. The number of aromatic nitrogens is 1. The van der Waals surface area contributed by atoms with Gasteiger partial charge in [-0.3, -0.25) is 4.79 Å². The van der Waals surface area contributed by atoms with Gasteiger partial charge in [-0.25, -0.2) is 4.98 Å². The number of rotatable bonds is 4. The van der Waals surface area contributed by atoms with Gasteiger partial charge < -0.3 is 14.8 Å². The molecule has 1 aromatic carbocycles. The minimum absolute atomic E-state index is 0.286. The van der Waals surface area contributed by atoms with Gasteiger partial charge in [0.1, 0.15) is 28.9 Å². The van der Waals surface area contributed by atoms with Crippen LogP contribution in [0.1, 0.15) is 15.9 Å². The van der Waals surface area contributed by atoms with Gasteiger partial charge in [0.2, 0.25) is 0 Å². The fourth-order valence-corrected chi connectivity index (χ4v) is 1.79. The Kier molecular flexibility index (Phi) is 4.36. The van der Waals surface area contributed by atoms with Gasteiger partial charge >= 0.3 is 0 Å². The summed E-state index contributed by atoms with van der Waals surface area (Å²) in [5.74, 6) is 0.745. The molecule has 0 aliphatic rings. The van der Waals surface area contributed by atoms with Gasteiger partial charge in [0.25, 0.3) is 5.91 Å². The molecule has 106 valence electrons. The third kappa shape index (κ3) is 3.09. The first-order valence-electron chi connectivity index (χ1n) is 6.08. The van der Waals surface area contributed by atoms with E-state index in [-0.39, 0.29) is 5.56 Å². The summed E-state index contributed by atoms with van der Waals surface area (Å²) in [7, 11) is 2.96. The van der Waals surface area contributed by atoms with Gasteiger partial charge in [-0.2, -0.15) is 5.26 Å². The smallest absolute Gasteiger partial charge is 0.264 e. The summed E-state index contributed by atoms with van der Waals surface area (Å²) >= 11 is 0. The number of nitrogens with zero attached hydrogens (tertiary/aromatic N) is 2. The highest BCUT2D eigenvalue weighted by Gasteiger charge is 2.18. The predicted octanol–water partition coefficient (Wildman–Crippen LogP) is 2.22. The Morgan fingerprint density at radius 3 is 2.33 bits per heavy atom. The van der Waals surface area contributed by atoms with Crippen LogP contribution in [0.3, 0.4) is 0 Å². The molecule has 0 aliphatic carbocycles. The van der Waals surface area contributed by atoms with E-state index < -0.39 is 5.91 Å². The average Bonchev–Trinajstić information content (AvgIpc) is 2.54. The number of methoxy groups -OCH3 is 2. The maximum absolute atomic E-state index is 12.4. The third-order valence-electron chi connectivity index (χ3n) is 2.79. The van der Waals surface area contributed by atoms with Gasteiger partial charge in [-0.1, -0.05) is 6.07 Å². The van der Waals surface area contributed by atoms with Crippen molar-refractivity contribution in [3.8, 4) is 17.6 Å². The van der Waals surface area contributed by atoms with Crippen molar-refractivity contribution in [1.82, 2.24) is 4.98 Å². The normalized spacial score (nSPS) is 9.57. The molecule has 0 unspecified atom stereocenters. The molecular formula is C15H13N3O3. The van der Waals surface area contributed by atoms with E-state index in [0.717, 1.165) is 0 Å². The number of carbonyl (C=O) groups excluding carboxylic acids is 1.